The molecule has 0 unspecified atom stereocenters. The first-order chi connectivity index (χ1) is 10.2. The van der Waals surface area contributed by atoms with Gasteiger partial charge in [0, 0.05) is 37.1 Å². The van der Waals surface area contributed by atoms with Crippen molar-refractivity contribution in [3.05, 3.63) is 34.9 Å². The normalized spacial score (nSPS) is 15.4. The molecule has 0 atom stereocenters. The first-order valence-corrected chi connectivity index (χ1v) is 8.01. The number of nitrogens with one attached hydrogen (secondary N) is 1. The molecule has 1 heterocycles. The summed E-state index contributed by atoms with van der Waals surface area (Å²) in [5.41, 5.74) is 6.70. The maximum atomic E-state index is 11.7. The molecule has 0 aromatic heterocycles. The predicted octanol–water partition coefficient (Wildman–Crippen LogP) is 3.00. The van der Waals surface area contributed by atoms with E-state index in [1.54, 1.807) is 0 Å². The Kier molecular flexibility index (Phi) is 11.7. The summed E-state index contributed by atoms with van der Waals surface area (Å²) in [6, 6.07) is 8.33. The molecule has 3 N–H and O–H groups in total. The Morgan fingerprint density at radius 2 is 1.83 bits per heavy atom. The fourth-order valence-corrected chi connectivity index (χ4v) is 2.77. The van der Waals surface area contributed by atoms with Crippen LogP contribution in [-0.2, 0) is 11.3 Å². The van der Waals surface area contributed by atoms with Crippen LogP contribution in [0, 0.1) is 0 Å². The van der Waals surface area contributed by atoms with Gasteiger partial charge in [0.05, 0.1) is 0 Å². The number of amides is 1. The summed E-state index contributed by atoms with van der Waals surface area (Å²) >= 11 is 5.90. The highest BCUT2D eigenvalue weighted by atomic mass is 35.5. The number of hydrogen-bond acceptors (Lipinski definition) is 3. The molecule has 0 radical (unpaired) electrons. The van der Waals surface area contributed by atoms with Crippen LogP contribution in [0.25, 0.3) is 0 Å². The molecule has 0 bridgehead atoms. The molecule has 1 saturated heterocycles. The van der Waals surface area contributed by atoms with Crippen LogP contribution in [0.4, 0.5) is 0 Å². The lowest BCUT2D eigenvalue weighted by Gasteiger charge is -2.32. The van der Waals surface area contributed by atoms with Crippen LogP contribution in [0.15, 0.2) is 24.3 Å². The lowest BCUT2D eigenvalue weighted by Crippen LogP contribution is -2.44. The summed E-state index contributed by atoms with van der Waals surface area (Å²) in [4.78, 5) is 14.1. The summed E-state index contributed by atoms with van der Waals surface area (Å²) in [5.74, 6) is 0.136. The monoisotopic (exact) mass is 381 g/mol. The fourth-order valence-electron chi connectivity index (χ4n) is 2.65. The maximum absolute atomic E-state index is 11.7. The lowest BCUT2D eigenvalue weighted by molar-refractivity contribution is -0.122. The molecular weight excluding hydrogens is 357 g/mol. The van der Waals surface area contributed by atoms with Gasteiger partial charge in [0.15, 0.2) is 0 Å². The Morgan fingerprint density at radius 1 is 1.22 bits per heavy atom. The van der Waals surface area contributed by atoms with E-state index in [1.165, 1.54) is 5.56 Å². The van der Waals surface area contributed by atoms with Crippen LogP contribution in [0.1, 0.15) is 31.2 Å². The van der Waals surface area contributed by atoms with E-state index in [-0.39, 0.29) is 30.7 Å². The summed E-state index contributed by atoms with van der Waals surface area (Å²) in [5, 5.41) is 3.88. The van der Waals surface area contributed by atoms with E-state index in [9.17, 15) is 4.79 Å². The fraction of sp³-hybridized carbons (Fsp3) is 0.562. The van der Waals surface area contributed by atoms with E-state index in [4.69, 9.17) is 17.3 Å². The molecule has 132 valence electrons. The lowest BCUT2D eigenvalue weighted by atomic mass is 10.0. The smallest absolute Gasteiger partial charge is 0.220 e. The van der Waals surface area contributed by atoms with Gasteiger partial charge >= 0.3 is 0 Å². The van der Waals surface area contributed by atoms with E-state index < -0.39 is 0 Å². The summed E-state index contributed by atoms with van der Waals surface area (Å²) in [7, 11) is 0. The highest BCUT2D eigenvalue weighted by Crippen LogP contribution is 2.16. The summed E-state index contributed by atoms with van der Waals surface area (Å²) in [6.45, 7) is 3.56. The molecule has 1 aromatic carbocycles. The van der Waals surface area contributed by atoms with Crippen LogP contribution in [0.3, 0.4) is 0 Å². The Morgan fingerprint density at radius 3 is 2.39 bits per heavy atom. The molecule has 1 aliphatic rings. The van der Waals surface area contributed by atoms with E-state index in [0.717, 1.165) is 43.9 Å². The number of halogens is 3. The van der Waals surface area contributed by atoms with Gasteiger partial charge in [0.1, 0.15) is 0 Å². The Balaban J connectivity index is 0.00000242. The molecule has 2 rings (SSSR count). The standard InChI is InChI=1S/C16H24ClN3O.2ClH/c17-14-5-3-13(4-6-14)12-20-10-7-15(8-11-20)19-16(21)2-1-9-18;;/h3-6,15H,1-2,7-12,18H2,(H,19,21);2*1H. The number of rotatable bonds is 6. The van der Waals surface area contributed by atoms with Crippen molar-refractivity contribution in [2.75, 3.05) is 19.6 Å². The average molecular weight is 383 g/mol. The zero-order chi connectivity index (χ0) is 15.1. The second-order valence-corrected chi connectivity index (χ2v) is 6.07. The first kappa shape index (κ1) is 22.5. The first-order valence-electron chi connectivity index (χ1n) is 7.63. The van der Waals surface area contributed by atoms with E-state index in [2.05, 4.69) is 22.3 Å². The molecule has 4 nitrogen and oxygen atoms in total. The molecule has 1 amide bonds. The predicted molar refractivity (Wildman–Crippen MR) is 101 cm³/mol. The molecule has 1 fully saturated rings. The molecular formula is C16H26Cl3N3O. The zero-order valence-electron chi connectivity index (χ0n) is 13.2. The Bertz CT molecular complexity index is 448. The van der Waals surface area contributed by atoms with Gasteiger partial charge < -0.3 is 11.1 Å². The molecule has 0 aliphatic carbocycles. The Hall–Kier alpha value is -0.520. The average Bonchev–Trinajstić information content (AvgIpc) is 2.49. The molecule has 7 heteroatoms. The minimum atomic E-state index is 0. The second-order valence-electron chi connectivity index (χ2n) is 5.64. The highest BCUT2D eigenvalue weighted by Gasteiger charge is 2.20. The zero-order valence-corrected chi connectivity index (χ0v) is 15.6. The highest BCUT2D eigenvalue weighted by molar-refractivity contribution is 6.30. The third-order valence-corrected chi connectivity index (χ3v) is 4.13. The number of carbonyl (C=O) groups excluding carboxylic acids is 1. The van der Waals surface area contributed by atoms with Gasteiger partial charge in [-0.1, -0.05) is 23.7 Å². The third kappa shape index (κ3) is 8.23. The van der Waals surface area contributed by atoms with Crippen molar-refractivity contribution >= 4 is 42.3 Å². The SMILES string of the molecule is Cl.Cl.NCCCC(=O)NC1CCN(Cc2ccc(Cl)cc2)CC1. The quantitative estimate of drug-likeness (QED) is 0.795. The molecule has 1 aliphatic heterocycles. The van der Waals surface area contributed by atoms with Crippen molar-refractivity contribution in [1.82, 2.24) is 10.2 Å². The summed E-state index contributed by atoms with van der Waals surface area (Å²) in [6.07, 6.45) is 3.34. The number of benzene rings is 1. The molecule has 0 spiro atoms. The van der Waals surface area contributed by atoms with Crippen LogP contribution < -0.4 is 11.1 Å². The number of nitrogens with zero attached hydrogens (tertiary/aromatic N) is 1. The van der Waals surface area contributed by atoms with Crippen LogP contribution in [0.2, 0.25) is 5.02 Å². The van der Waals surface area contributed by atoms with Crippen LogP contribution in [-0.4, -0.2) is 36.5 Å². The number of hydrogen-bond donors (Lipinski definition) is 2. The van der Waals surface area contributed by atoms with Gasteiger partial charge in [0.25, 0.3) is 0 Å². The third-order valence-electron chi connectivity index (χ3n) is 3.88. The van der Waals surface area contributed by atoms with Crippen molar-refractivity contribution in [3.63, 3.8) is 0 Å². The van der Waals surface area contributed by atoms with E-state index in [1.807, 2.05) is 12.1 Å². The van der Waals surface area contributed by atoms with Crippen LogP contribution >= 0.6 is 36.4 Å². The van der Waals surface area contributed by atoms with Crippen molar-refractivity contribution in [3.8, 4) is 0 Å². The maximum Gasteiger partial charge on any atom is 0.220 e. The number of piperidine rings is 1. The Labute approximate surface area is 155 Å². The van der Waals surface area contributed by atoms with Gasteiger partial charge in [-0.3, -0.25) is 9.69 Å². The van der Waals surface area contributed by atoms with Crippen molar-refractivity contribution in [1.29, 1.82) is 0 Å². The molecule has 0 saturated carbocycles. The molecule has 1 aromatic rings. The molecule has 23 heavy (non-hydrogen) atoms. The van der Waals surface area contributed by atoms with Crippen molar-refractivity contribution in [2.45, 2.75) is 38.3 Å². The largest absolute Gasteiger partial charge is 0.353 e. The topological polar surface area (TPSA) is 58.4 Å². The van der Waals surface area contributed by atoms with E-state index >= 15 is 0 Å². The van der Waals surface area contributed by atoms with Crippen molar-refractivity contribution < 1.29 is 4.79 Å². The minimum absolute atomic E-state index is 0. The number of nitrogens with two attached hydrogens (primary N) is 1. The van der Waals surface area contributed by atoms with E-state index in [0.29, 0.717) is 19.0 Å². The minimum Gasteiger partial charge on any atom is -0.353 e. The van der Waals surface area contributed by atoms with Crippen LogP contribution in [0.5, 0.6) is 0 Å². The van der Waals surface area contributed by atoms with Gasteiger partial charge in [-0.25, -0.2) is 0 Å². The van der Waals surface area contributed by atoms with Gasteiger partial charge in [-0.2, -0.15) is 0 Å². The number of carbonyl (C=O) groups is 1. The van der Waals surface area contributed by atoms with Gasteiger partial charge in [-0.15, -0.1) is 24.8 Å². The number of likely N-dealkylation sites (tertiary alicyclic amines) is 1. The summed E-state index contributed by atoms with van der Waals surface area (Å²) < 4.78 is 0. The van der Waals surface area contributed by atoms with Gasteiger partial charge in [0.2, 0.25) is 5.91 Å². The van der Waals surface area contributed by atoms with Gasteiger partial charge in [-0.05, 0) is 43.5 Å². The van der Waals surface area contributed by atoms with Crippen molar-refractivity contribution in [2.24, 2.45) is 5.73 Å². The second kappa shape index (κ2) is 11.9.